The van der Waals surface area contributed by atoms with Crippen molar-refractivity contribution >= 4 is 15.7 Å². The number of nitrogens with two attached hydrogens (primary N) is 1. The molecule has 1 aliphatic heterocycles. The van der Waals surface area contributed by atoms with Gasteiger partial charge in [0.15, 0.2) is 21.3 Å². The van der Waals surface area contributed by atoms with Crippen LogP contribution in [-0.2, 0) is 14.6 Å². The normalized spacial score (nSPS) is 17.8. The zero-order valence-electron chi connectivity index (χ0n) is 14.0. The summed E-state index contributed by atoms with van der Waals surface area (Å²) in [5.41, 5.74) is 5.66. The molecule has 1 saturated heterocycles. The van der Waals surface area contributed by atoms with Crippen LogP contribution in [0.4, 0.5) is 0 Å². The Morgan fingerprint density at radius 3 is 2.62 bits per heavy atom. The van der Waals surface area contributed by atoms with Gasteiger partial charge in [0.25, 0.3) is 0 Å². The van der Waals surface area contributed by atoms with Crippen LogP contribution in [0.5, 0.6) is 11.5 Å². The summed E-state index contributed by atoms with van der Waals surface area (Å²) in [6.45, 7) is 1.06. The minimum atomic E-state index is -3.58. The van der Waals surface area contributed by atoms with Gasteiger partial charge < -0.3 is 20.1 Å². The van der Waals surface area contributed by atoms with E-state index in [4.69, 9.17) is 15.2 Å². The van der Waals surface area contributed by atoms with Crippen LogP contribution in [0.15, 0.2) is 23.1 Å². The Kier molecular flexibility index (Phi) is 6.06. The first kappa shape index (κ1) is 18.5. The van der Waals surface area contributed by atoms with E-state index in [1.807, 2.05) is 0 Å². The summed E-state index contributed by atoms with van der Waals surface area (Å²) in [4.78, 5) is 14.1. The van der Waals surface area contributed by atoms with Crippen LogP contribution >= 0.6 is 0 Å². The molecule has 2 rings (SSSR count). The van der Waals surface area contributed by atoms with Crippen molar-refractivity contribution in [2.24, 2.45) is 5.73 Å². The third kappa shape index (κ3) is 3.99. The van der Waals surface area contributed by atoms with Crippen LogP contribution in [0.2, 0.25) is 0 Å². The van der Waals surface area contributed by atoms with Gasteiger partial charge in [0.05, 0.1) is 24.9 Å². The second-order valence-electron chi connectivity index (χ2n) is 5.70. The molecule has 0 aliphatic carbocycles. The SMILES string of the molecule is COc1ccc(S(=O)(=O)CCC(=O)N2CCC[C@@H]2CN)cc1OC. The smallest absolute Gasteiger partial charge is 0.223 e. The molecule has 1 fully saturated rings. The molecule has 1 amide bonds. The molecule has 1 aromatic rings. The molecular weight excluding hydrogens is 332 g/mol. The van der Waals surface area contributed by atoms with E-state index >= 15 is 0 Å². The second kappa shape index (κ2) is 7.85. The van der Waals surface area contributed by atoms with Crippen LogP contribution in [0.1, 0.15) is 19.3 Å². The Labute approximate surface area is 142 Å². The molecule has 24 heavy (non-hydrogen) atoms. The fourth-order valence-corrected chi connectivity index (χ4v) is 4.14. The molecule has 134 valence electrons. The predicted molar refractivity (Wildman–Crippen MR) is 90.0 cm³/mol. The number of rotatable bonds is 7. The first-order valence-corrected chi connectivity index (χ1v) is 9.52. The largest absolute Gasteiger partial charge is 0.493 e. The lowest BCUT2D eigenvalue weighted by molar-refractivity contribution is -0.131. The average Bonchev–Trinajstić information content (AvgIpc) is 3.07. The summed E-state index contributed by atoms with van der Waals surface area (Å²) >= 11 is 0. The summed E-state index contributed by atoms with van der Waals surface area (Å²) in [6, 6.07) is 4.44. The van der Waals surface area contributed by atoms with Crippen LogP contribution < -0.4 is 15.2 Å². The summed E-state index contributed by atoms with van der Waals surface area (Å²) in [5, 5.41) is 0. The molecule has 1 aromatic carbocycles. The Balaban J connectivity index is 2.07. The Morgan fingerprint density at radius 1 is 1.29 bits per heavy atom. The zero-order chi connectivity index (χ0) is 17.7. The molecule has 0 aromatic heterocycles. The molecule has 1 aliphatic rings. The number of hydrogen-bond acceptors (Lipinski definition) is 6. The average molecular weight is 356 g/mol. The highest BCUT2D eigenvalue weighted by molar-refractivity contribution is 7.91. The summed E-state index contributed by atoms with van der Waals surface area (Å²) in [5.74, 6) is 0.393. The van der Waals surface area contributed by atoms with Crippen molar-refractivity contribution in [3.05, 3.63) is 18.2 Å². The minimum absolute atomic E-state index is 0.0290. The lowest BCUT2D eigenvalue weighted by Gasteiger charge is -2.23. The van der Waals surface area contributed by atoms with Crippen molar-refractivity contribution < 1.29 is 22.7 Å². The van der Waals surface area contributed by atoms with Gasteiger partial charge in [-0.05, 0) is 25.0 Å². The molecule has 2 N–H and O–H groups in total. The highest BCUT2D eigenvalue weighted by atomic mass is 32.2. The van der Waals surface area contributed by atoms with Crippen molar-refractivity contribution in [2.75, 3.05) is 33.1 Å². The number of benzene rings is 1. The van der Waals surface area contributed by atoms with Gasteiger partial charge in [-0.25, -0.2) is 8.42 Å². The second-order valence-corrected chi connectivity index (χ2v) is 7.81. The van der Waals surface area contributed by atoms with Gasteiger partial charge in [-0.1, -0.05) is 0 Å². The van der Waals surface area contributed by atoms with Crippen LogP contribution in [0.3, 0.4) is 0 Å². The fraction of sp³-hybridized carbons (Fsp3) is 0.562. The Bertz CT molecular complexity index is 690. The van der Waals surface area contributed by atoms with Crippen molar-refractivity contribution in [2.45, 2.75) is 30.2 Å². The Morgan fingerprint density at radius 2 is 2.00 bits per heavy atom. The highest BCUT2D eigenvalue weighted by Gasteiger charge is 2.28. The van der Waals surface area contributed by atoms with Crippen LogP contribution in [-0.4, -0.2) is 58.3 Å². The number of nitrogens with zero attached hydrogens (tertiary/aromatic N) is 1. The van der Waals surface area contributed by atoms with Crippen molar-refractivity contribution in [1.29, 1.82) is 0 Å². The quantitative estimate of drug-likeness (QED) is 0.776. The fourth-order valence-electron chi connectivity index (χ4n) is 2.90. The van der Waals surface area contributed by atoms with E-state index in [1.54, 1.807) is 11.0 Å². The first-order chi connectivity index (χ1) is 11.4. The van der Waals surface area contributed by atoms with Crippen molar-refractivity contribution in [1.82, 2.24) is 4.90 Å². The van der Waals surface area contributed by atoms with E-state index in [0.29, 0.717) is 24.6 Å². The molecular formula is C16H24N2O5S. The molecule has 1 heterocycles. The summed E-state index contributed by atoms with van der Waals surface area (Å²) in [7, 11) is -0.658. The monoisotopic (exact) mass is 356 g/mol. The number of ether oxygens (including phenoxy) is 2. The summed E-state index contributed by atoms with van der Waals surface area (Å²) < 4.78 is 35.2. The van der Waals surface area contributed by atoms with Crippen LogP contribution in [0.25, 0.3) is 0 Å². The molecule has 7 nitrogen and oxygen atoms in total. The number of carbonyl (C=O) groups is 1. The van der Waals surface area contributed by atoms with Gasteiger partial charge in [-0.3, -0.25) is 4.79 Å². The number of likely N-dealkylation sites (tertiary alicyclic amines) is 1. The predicted octanol–water partition coefficient (Wildman–Crippen LogP) is 0.817. The minimum Gasteiger partial charge on any atom is -0.493 e. The standard InChI is InChI=1S/C16H24N2O5S/c1-22-14-6-5-13(10-15(14)23-2)24(20,21)9-7-16(19)18-8-3-4-12(18)11-17/h5-6,10,12H,3-4,7-9,11,17H2,1-2H3/t12-/m1/s1. The van der Waals surface area contributed by atoms with E-state index in [-0.39, 0.29) is 29.0 Å². The molecule has 0 saturated carbocycles. The molecule has 0 spiro atoms. The first-order valence-electron chi connectivity index (χ1n) is 7.87. The van der Waals surface area contributed by atoms with E-state index in [1.165, 1.54) is 26.4 Å². The van der Waals surface area contributed by atoms with Crippen LogP contribution in [0, 0.1) is 0 Å². The van der Waals surface area contributed by atoms with Gasteiger partial charge >= 0.3 is 0 Å². The van der Waals surface area contributed by atoms with E-state index in [0.717, 1.165) is 12.8 Å². The Hall–Kier alpha value is -1.80. The maximum Gasteiger partial charge on any atom is 0.223 e. The number of amides is 1. The van der Waals surface area contributed by atoms with Gasteiger partial charge in [0.2, 0.25) is 5.91 Å². The third-order valence-corrected chi connectivity index (χ3v) is 5.98. The van der Waals surface area contributed by atoms with E-state index in [9.17, 15) is 13.2 Å². The molecule has 0 bridgehead atoms. The number of hydrogen-bond donors (Lipinski definition) is 1. The van der Waals surface area contributed by atoms with Gasteiger partial charge in [-0.15, -0.1) is 0 Å². The number of methoxy groups -OCH3 is 2. The van der Waals surface area contributed by atoms with Gasteiger partial charge in [-0.2, -0.15) is 0 Å². The number of carbonyl (C=O) groups excluding carboxylic acids is 1. The van der Waals surface area contributed by atoms with E-state index in [2.05, 4.69) is 0 Å². The van der Waals surface area contributed by atoms with Crippen molar-refractivity contribution in [3.8, 4) is 11.5 Å². The molecule has 1 atom stereocenters. The van der Waals surface area contributed by atoms with Gasteiger partial charge in [0.1, 0.15) is 0 Å². The molecule has 0 unspecified atom stereocenters. The maximum absolute atomic E-state index is 12.5. The summed E-state index contributed by atoms with van der Waals surface area (Å²) in [6.07, 6.45) is 1.74. The van der Waals surface area contributed by atoms with Crippen molar-refractivity contribution in [3.63, 3.8) is 0 Å². The third-order valence-electron chi connectivity index (χ3n) is 4.27. The lowest BCUT2D eigenvalue weighted by atomic mass is 10.2. The van der Waals surface area contributed by atoms with E-state index < -0.39 is 9.84 Å². The lowest BCUT2D eigenvalue weighted by Crippen LogP contribution is -2.40. The molecule has 0 radical (unpaired) electrons. The topological polar surface area (TPSA) is 98.9 Å². The zero-order valence-corrected chi connectivity index (χ0v) is 14.8. The molecule has 8 heteroatoms. The maximum atomic E-state index is 12.5. The highest BCUT2D eigenvalue weighted by Crippen LogP contribution is 2.30. The number of sulfone groups is 1. The van der Waals surface area contributed by atoms with Gasteiger partial charge in [0, 0.05) is 31.6 Å².